The van der Waals surface area contributed by atoms with Crippen LogP contribution in [0.15, 0.2) is 53.9 Å². The molecule has 2 amide bonds. The third-order valence-corrected chi connectivity index (χ3v) is 9.39. The van der Waals surface area contributed by atoms with Gasteiger partial charge in [-0.1, -0.05) is 49.4 Å². The lowest BCUT2D eigenvalue weighted by Crippen LogP contribution is -2.48. The average molecular weight is 535 g/mol. The Morgan fingerprint density at radius 1 is 1.16 bits per heavy atom. The van der Waals surface area contributed by atoms with Crippen molar-refractivity contribution in [2.45, 2.75) is 57.2 Å². The highest BCUT2D eigenvalue weighted by atomic mass is 32.1. The number of nitrogens with two attached hydrogens (primary N) is 1. The molecule has 1 saturated heterocycles. The van der Waals surface area contributed by atoms with Crippen molar-refractivity contribution in [2.75, 3.05) is 0 Å². The predicted molar refractivity (Wildman–Crippen MR) is 142 cm³/mol. The summed E-state index contributed by atoms with van der Waals surface area (Å²) >= 11 is 1.42. The number of nitrogens with one attached hydrogen (secondary N) is 2. The molecular formula is C29H28F2N4O2S. The number of amides is 2. The molecule has 2 aliphatic carbocycles. The molecular weight excluding hydrogens is 506 g/mol. The minimum atomic E-state index is -3.06. The molecule has 6 nitrogen and oxygen atoms in total. The summed E-state index contributed by atoms with van der Waals surface area (Å²) in [4.78, 5) is 29.5. The molecule has 2 fully saturated rings. The van der Waals surface area contributed by atoms with E-state index in [2.05, 4.69) is 12.2 Å². The molecule has 3 aliphatic rings. The summed E-state index contributed by atoms with van der Waals surface area (Å²) in [5.41, 5.74) is 7.65. The lowest BCUT2D eigenvalue weighted by Gasteiger charge is -2.28. The Balaban J connectivity index is 1.20. The largest absolute Gasteiger partial charge is 0.384 e. The van der Waals surface area contributed by atoms with Crippen LogP contribution in [0.25, 0.3) is 11.1 Å². The van der Waals surface area contributed by atoms with E-state index >= 15 is 0 Å². The molecule has 1 aromatic heterocycles. The Bertz CT molecular complexity index is 1500. The third-order valence-electron chi connectivity index (χ3n) is 8.28. The maximum absolute atomic E-state index is 14.9. The topological polar surface area (TPSA) is 99.3 Å². The second-order valence-corrected chi connectivity index (χ2v) is 11.9. The first-order valence-electron chi connectivity index (χ1n) is 12.6. The number of halogens is 2. The molecule has 6 rings (SSSR count). The Kier molecular flexibility index (Phi) is 5.51. The van der Waals surface area contributed by atoms with Crippen LogP contribution in [0.1, 0.15) is 59.9 Å². The van der Waals surface area contributed by atoms with E-state index < -0.39 is 12.0 Å². The van der Waals surface area contributed by atoms with E-state index in [4.69, 9.17) is 11.1 Å². The number of carbonyl (C=O) groups is 2. The SMILES string of the molecule is C[C@@H](NC(=O)C1C[C@]2(C)CC2N1C(=O)Cc1ccc2c(c1)-c1ccccc1C2(F)F)c1cc(C(=N)N)cs1. The first-order valence-corrected chi connectivity index (χ1v) is 13.5. The van der Waals surface area contributed by atoms with Gasteiger partial charge in [0.25, 0.3) is 5.92 Å². The number of likely N-dealkylation sites (tertiary alicyclic amines) is 1. The maximum atomic E-state index is 14.9. The summed E-state index contributed by atoms with van der Waals surface area (Å²) in [5.74, 6) is -3.46. The van der Waals surface area contributed by atoms with E-state index in [1.54, 1.807) is 46.7 Å². The Hall–Kier alpha value is -3.59. The number of hydrogen-bond acceptors (Lipinski definition) is 4. The quantitative estimate of drug-likeness (QED) is 0.308. The molecule has 4 atom stereocenters. The second kappa shape index (κ2) is 8.46. The van der Waals surface area contributed by atoms with Gasteiger partial charge in [0.2, 0.25) is 11.8 Å². The number of carbonyl (C=O) groups excluding carboxylic acids is 2. The molecule has 2 unspecified atom stereocenters. The van der Waals surface area contributed by atoms with Crippen LogP contribution in [0.2, 0.25) is 0 Å². The van der Waals surface area contributed by atoms with Gasteiger partial charge in [-0.25, -0.2) is 0 Å². The number of thiophene rings is 1. The number of alkyl halides is 2. The van der Waals surface area contributed by atoms with E-state index in [0.29, 0.717) is 28.7 Å². The van der Waals surface area contributed by atoms with Gasteiger partial charge in [-0.05, 0) is 47.9 Å². The van der Waals surface area contributed by atoms with Gasteiger partial charge in [-0.2, -0.15) is 8.78 Å². The Morgan fingerprint density at radius 3 is 2.63 bits per heavy atom. The van der Waals surface area contributed by atoms with Gasteiger partial charge in [-0.15, -0.1) is 11.3 Å². The number of amidine groups is 1. The third kappa shape index (κ3) is 3.83. The number of piperidine rings is 1. The highest BCUT2D eigenvalue weighted by Gasteiger charge is 2.64. The van der Waals surface area contributed by atoms with Gasteiger partial charge in [0.1, 0.15) is 11.9 Å². The van der Waals surface area contributed by atoms with E-state index in [1.807, 2.05) is 6.92 Å². The van der Waals surface area contributed by atoms with Crippen molar-refractivity contribution in [1.29, 1.82) is 5.41 Å². The van der Waals surface area contributed by atoms with Crippen molar-refractivity contribution >= 4 is 29.0 Å². The minimum absolute atomic E-state index is 0.00611. The van der Waals surface area contributed by atoms with Crippen LogP contribution in [0.5, 0.6) is 0 Å². The maximum Gasteiger partial charge on any atom is 0.299 e. The van der Waals surface area contributed by atoms with Crippen molar-refractivity contribution in [1.82, 2.24) is 10.2 Å². The van der Waals surface area contributed by atoms with Gasteiger partial charge in [0, 0.05) is 33.0 Å². The summed E-state index contributed by atoms with van der Waals surface area (Å²) in [6.45, 7) is 3.97. The van der Waals surface area contributed by atoms with Crippen LogP contribution < -0.4 is 11.1 Å². The molecule has 0 radical (unpaired) electrons. The summed E-state index contributed by atoms with van der Waals surface area (Å²) in [7, 11) is 0. The molecule has 0 spiro atoms. The highest BCUT2D eigenvalue weighted by molar-refractivity contribution is 7.10. The minimum Gasteiger partial charge on any atom is -0.384 e. The molecule has 4 N–H and O–H groups in total. The normalized spacial score (nSPS) is 24.8. The lowest BCUT2D eigenvalue weighted by atomic mass is 10.00. The zero-order valence-electron chi connectivity index (χ0n) is 21.1. The molecule has 0 bridgehead atoms. The number of nitrogens with zero attached hydrogens (tertiary/aromatic N) is 1. The average Bonchev–Trinajstić information content (AvgIpc) is 3.19. The predicted octanol–water partition coefficient (Wildman–Crippen LogP) is 4.95. The fourth-order valence-electron chi connectivity index (χ4n) is 6.06. The Labute approximate surface area is 223 Å². The van der Waals surface area contributed by atoms with Crippen LogP contribution in [-0.4, -0.2) is 34.6 Å². The van der Waals surface area contributed by atoms with Crippen molar-refractivity contribution < 1.29 is 18.4 Å². The monoisotopic (exact) mass is 534 g/mol. The molecule has 2 heterocycles. The van der Waals surface area contributed by atoms with Crippen LogP contribution in [-0.2, 0) is 21.9 Å². The van der Waals surface area contributed by atoms with Gasteiger partial charge >= 0.3 is 0 Å². The Morgan fingerprint density at radius 2 is 1.89 bits per heavy atom. The molecule has 9 heteroatoms. The van der Waals surface area contributed by atoms with Crippen LogP contribution in [0.4, 0.5) is 8.78 Å². The lowest BCUT2D eigenvalue weighted by molar-refractivity contribution is -0.139. The van der Waals surface area contributed by atoms with Gasteiger partial charge in [0.05, 0.1) is 12.5 Å². The van der Waals surface area contributed by atoms with Crippen molar-refractivity contribution in [3.63, 3.8) is 0 Å². The van der Waals surface area contributed by atoms with Gasteiger partial charge in [-0.3, -0.25) is 15.0 Å². The summed E-state index contributed by atoms with van der Waals surface area (Å²) < 4.78 is 29.9. The number of hydrogen-bond donors (Lipinski definition) is 3. The van der Waals surface area contributed by atoms with Crippen LogP contribution in [0.3, 0.4) is 0 Å². The van der Waals surface area contributed by atoms with E-state index in [1.165, 1.54) is 23.5 Å². The first kappa shape index (κ1) is 24.7. The number of benzene rings is 2. The smallest absolute Gasteiger partial charge is 0.299 e. The van der Waals surface area contributed by atoms with Crippen molar-refractivity contribution in [3.05, 3.63) is 81.0 Å². The summed E-state index contributed by atoms with van der Waals surface area (Å²) in [6, 6.07) is 12.1. The molecule has 1 aliphatic heterocycles. The van der Waals surface area contributed by atoms with Gasteiger partial charge in [0.15, 0.2) is 0 Å². The van der Waals surface area contributed by atoms with Crippen LogP contribution >= 0.6 is 11.3 Å². The fourth-order valence-corrected chi connectivity index (χ4v) is 6.98. The fraction of sp³-hybridized carbons (Fsp3) is 0.345. The number of fused-ring (bicyclic) bond motifs is 4. The zero-order valence-corrected chi connectivity index (χ0v) is 21.9. The summed E-state index contributed by atoms with van der Waals surface area (Å²) in [6.07, 6.45) is 1.49. The van der Waals surface area contributed by atoms with Gasteiger partial charge < -0.3 is 16.0 Å². The number of nitrogen functional groups attached to an aromatic ring is 1. The summed E-state index contributed by atoms with van der Waals surface area (Å²) in [5, 5.41) is 12.4. The van der Waals surface area contributed by atoms with Crippen molar-refractivity contribution in [2.24, 2.45) is 11.1 Å². The van der Waals surface area contributed by atoms with Crippen molar-refractivity contribution in [3.8, 4) is 11.1 Å². The number of rotatable bonds is 6. The van der Waals surface area contributed by atoms with E-state index in [-0.39, 0.29) is 52.7 Å². The highest BCUT2D eigenvalue weighted by Crippen LogP contribution is 2.59. The molecule has 38 heavy (non-hydrogen) atoms. The molecule has 3 aromatic rings. The molecule has 196 valence electrons. The van der Waals surface area contributed by atoms with Crippen LogP contribution in [0, 0.1) is 10.8 Å². The van der Waals surface area contributed by atoms with E-state index in [9.17, 15) is 18.4 Å². The standard InChI is InChI=1S/C29H28F2N4O2S/c1-15(23-11-17(14-38-23)26(32)33)34-27(37)22-12-28(2)13-24(28)35(22)25(36)10-16-7-8-21-19(9-16)18-5-3-4-6-20(18)29(21,30)31/h3-9,11,14-15,22,24H,10,12-13H2,1-2H3,(H3,32,33)(H,34,37)/t15-,22?,24?,28-/m1/s1. The molecule has 1 saturated carbocycles. The molecule has 2 aromatic carbocycles. The zero-order chi connectivity index (χ0) is 27.0. The van der Waals surface area contributed by atoms with E-state index in [0.717, 1.165) is 11.3 Å². The first-order chi connectivity index (χ1) is 18.0. The second-order valence-electron chi connectivity index (χ2n) is 11.0.